The minimum Gasteiger partial charge on any atom is -0.474 e. The Morgan fingerprint density at radius 1 is 1.23 bits per heavy atom. The van der Waals surface area contributed by atoms with E-state index in [0.29, 0.717) is 17.1 Å². The van der Waals surface area contributed by atoms with E-state index in [1.54, 1.807) is 4.52 Å². The maximum Gasteiger partial charge on any atom is 0.213 e. The van der Waals surface area contributed by atoms with Crippen molar-refractivity contribution in [2.75, 3.05) is 24.5 Å². The second kappa shape index (κ2) is 7.92. The van der Waals surface area contributed by atoms with E-state index >= 15 is 0 Å². The maximum atomic E-state index is 9.34. The largest absolute Gasteiger partial charge is 0.474 e. The average molecular weight is 403 g/mol. The number of fused-ring (bicyclic) bond motifs is 2. The van der Waals surface area contributed by atoms with Crippen LogP contribution in [0.2, 0.25) is 0 Å². The van der Waals surface area contributed by atoms with Gasteiger partial charge in [-0.05, 0) is 50.0 Å². The summed E-state index contributed by atoms with van der Waals surface area (Å²) in [5.74, 6) is 1.99. The third-order valence-corrected chi connectivity index (χ3v) is 6.09. The van der Waals surface area contributed by atoms with Crippen LogP contribution >= 0.6 is 0 Å². The molecule has 8 nitrogen and oxygen atoms in total. The molecule has 1 saturated heterocycles. The number of hydrogen-bond acceptors (Lipinski definition) is 7. The highest BCUT2D eigenvalue weighted by Gasteiger charge is 2.28. The van der Waals surface area contributed by atoms with E-state index in [2.05, 4.69) is 39.4 Å². The van der Waals surface area contributed by atoms with Gasteiger partial charge in [0, 0.05) is 25.1 Å². The third kappa shape index (κ3) is 3.35. The Morgan fingerprint density at radius 2 is 2.10 bits per heavy atom. The minimum atomic E-state index is 0.246. The number of nitrogens with one attached hydrogen (secondary N) is 1. The highest BCUT2D eigenvalue weighted by molar-refractivity contribution is 5.61. The van der Waals surface area contributed by atoms with Gasteiger partial charge in [-0.15, -0.1) is 0 Å². The lowest BCUT2D eigenvalue weighted by atomic mass is 9.92. The fourth-order valence-corrected chi connectivity index (χ4v) is 4.46. The Labute approximate surface area is 175 Å². The molecular weight excluding hydrogens is 378 g/mol. The molecule has 0 bridgehead atoms. The number of anilines is 1. The monoisotopic (exact) mass is 403 g/mol. The highest BCUT2D eigenvalue weighted by atomic mass is 16.5. The zero-order valence-corrected chi connectivity index (χ0v) is 17.1. The van der Waals surface area contributed by atoms with E-state index in [4.69, 9.17) is 9.72 Å². The van der Waals surface area contributed by atoms with Crippen molar-refractivity contribution in [3.05, 3.63) is 47.4 Å². The molecular formula is C22H25N7O. The van der Waals surface area contributed by atoms with Crippen LogP contribution in [0.3, 0.4) is 0 Å². The lowest BCUT2D eigenvalue weighted by Gasteiger charge is -2.35. The molecule has 0 saturated carbocycles. The number of rotatable bonds is 4. The van der Waals surface area contributed by atoms with Crippen LogP contribution in [0.1, 0.15) is 48.9 Å². The average Bonchev–Trinajstić information content (AvgIpc) is 3.28. The molecule has 3 aromatic heterocycles. The van der Waals surface area contributed by atoms with Gasteiger partial charge in [0.15, 0.2) is 5.65 Å². The second-order valence-corrected chi connectivity index (χ2v) is 7.96. The van der Waals surface area contributed by atoms with Crippen LogP contribution in [0, 0.1) is 11.3 Å². The smallest absolute Gasteiger partial charge is 0.213 e. The Hall–Kier alpha value is -3.18. The number of nitriles is 1. The summed E-state index contributed by atoms with van der Waals surface area (Å²) in [5, 5.41) is 17.1. The molecule has 5 rings (SSSR count). The van der Waals surface area contributed by atoms with Gasteiger partial charge in [0.2, 0.25) is 5.88 Å². The first-order valence-corrected chi connectivity index (χ1v) is 10.6. The minimum absolute atomic E-state index is 0.246. The van der Waals surface area contributed by atoms with E-state index in [9.17, 15) is 5.26 Å². The van der Waals surface area contributed by atoms with Crippen LogP contribution in [0.5, 0.6) is 5.88 Å². The van der Waals surface area contributed by atoms with Crippen LogP contribution in [0.4, 0.5) is 5.82 Å². The number of nitrogens with zero attached hydrogens (tertiary/aromatic N) is 6. The van der Waals surface area contributed by atoms with Gasteiger partial charge in [-0.3, -0.25) is 0 Å². The molecule has 0 radical (unpaired) electrons. The van der Waals surface area contributed by atoms with Gasteiger partial charge in [0.25, 0.3) is 0 Å². The van der Waals surface area contributed by atoms with Crippen molar-refractivity contribution in [3.8, 4) is 11.9 Å². The quantitative estimate of drug-likeness (QED) is 0.716. The van der Waals surface area contributed by atoms with Crippen LogP contribution < -0.4 is 15.0 Å². The standard InChI is InChI=1S/C22H25N7O/c1-2-15-12-28(20-6-4-16(11-23)22-25-14-26-29(20)22)13-17-3-5-19(27-21(15)17)30-18-7-9-24-10-8-18/h3-6,14-15,18,24H,2,7-10,12-13H2,1H3/t15-/m1/s1. The fraction of sp³-hybridized carbons (Fsp3) is 0.455. The first-order chi connectivity index (χ1) is 14.8. The summed E-state index contributed by atoms with van der Waals surface area (Å²) in [6.45, 7) is 5.79. The number of piperidine rings is 1. The second-order valence-electron chi connectivity index (χ2n) is 7.96. The van der Waals surface area contributed by atoms with Crippen molar-refractivity contribution < 1.29 is 4.74 Å². The van der Waals surface area contributed by atoms with E-state index < -0.39 is 0 Å². The molecule has 0 aliphatic carbocycles. The predicted octanol–water partition coefficient (Wildman–Crippen LogP) is 2.64. The van der Waals surface area contributed by atoms with Crippen LogP contribution in [0.25, 0.3) is 5.65 Å². The summed E-state index contributed by atoms with van der Waals surface area (Å²) in [5.41, 5.74) is 3.48. The Kier molecular flexibility index (Phi) is 4.97. The lowest BCUT2D eigenvalue weighted by Crippen LogP contribution is -2.36. The molecule has 154 valence electrons. The predicted molar refractivity (Wildman–Crippen MR) is 113 cm³/mol. The Balaban J connectivity index is 1.44. The van der Waals surface area contributed by atoms with E-state index in [-0.39, 0.29) is 6.10 Å². The zero-order valence-electron chi connectivity index (χ0n) is 17.1. The van der Waals surface area contributed by atoms with Crippen molar-refractivity contribution in [2.45, 2.75) is 44.8 Å². The Morgan fingerprint density at radius 3 is 2.90 bits per heavy atom. The van der Waals surface area contributed by atoms with Crippen molar-refractivity contribution >= 4 is 11.5 Å². The zero-order chi connectivity index (χ0) is 20.5. The number of hydrogen-bond donors (Lipinski definition) is 1. The van der Waals surface area contributed by atoms with Crippen LogP contribution in [0.15, 0.2) is 30.6 Å². The molecule has 0 unspecified atom stereocenters. The summed E-state index contributed by atoms with van der Waals surface area (Å²) in [4.78, 5) is 11.5. The molecule has 5 heterocycles. The van der Waals surface area contributed by atoms with Crippen molar-refractivity contribution in [2.24, 2.45) is 0 Å². The third-order valence-electron chi connectivity index (χ3n) is 6.09. The summed E-state index contributed by atoms with van der Waals surface area (Å²) < 4.78 is 7.94. The molecule has 0 amide bonds. The first kappa shape index (κ1) is 18.8. The molecule has 1 N–H and O–H groups in total. The number of ether oxygens (including phenoxy) is 1. The number of pyridine rings is 2. The van der Waals surface area contributed by atoms with E-state index in [1.807, 2.05) is 18.2 Å². The molecule has 0 aromatic carbocycles. The van der Waals surface area contributed by atoms with E-state index in [1.165, 1.54) is 11.9 Å². The topological polar surface area (TPSA) is 91.4 Å². The maximum absolute atomic E-state index is 9.34. The SMILES string of the molecule is CC[C@@H]1CN(c2ccc(C#N)c3ncnn23)Cc2ccc(OC3CCNCC3)nc21. The molecule has 2 aliphatic rings. The summed E-state index contributed by atoms with van der Waals surface area (Å²) in [6.07, 6.45) is 4.79. The van der Waals surface area contributed by atoms with Gasteiger partial charge < -0.3 is 15.0 Å². The van der Waals surface area contributed by atoms with Crippen molar-refractivity contribution in [1.82, 2.24) is 24.9 Å². The normalized spacial score (nSPS) is 19.5. The summed E-state index contributed by atoms with van der Waals surface area (Å²) >= 11 is 0. The molecule has 2 aliphatic heterocycles. The summed E-state index contributed by atoms with van der Waals surface area (Å²) in [7, 11) is 0. The fourth-order valence-electron chi connectivity index (χ4n) is 4.46. The molecule has 1 atom stereocenters. The van der Waals surface area contributed by atoms with Gasteiger partial charge >= 0.3 is 0 Å². The molecule has 0 spiro atoms. The van der Waals surface area contributed by atoms with Gasteiger partial charge in [-0.1, -0.05) is 13.0 Å². The van der Waals surface area contributed by atoms with Crippen molar-refractivity contribution in [1.29, 1.82) is 5.26 Å². The van der Waals surface area contributed by atoms with Crippen LogP contribution in [-0.4, -0.2) is 45.3 Å². The van der Waals surface area contributed by atoms with E-state index in [0.717, 1.165) is 62.8 Å². The highest BCUT2D eigenvalue weighted by Crippen LogP contribution is 2.34. The van der Waals surface area contributed by atoms with Gasteiger partial charge in [-0.25, -0.2) is 9.97 Å². The summed E-state index contributed by atoms with van der Waals surface area (Å²) in [6, 6.07) is 10.1. The van der Waals surface area contributed by atoms with Crippen LogP contribution in [-0.2, 0) is 6.54 Å². The first-order valence-electron chi connectivity index (χ1n) is 10.6. The van der Waals surface area contributed by atoms with Crippen molar-refractivity contribution in [3.63, 3.8) is 0 Å². The van der Waals surface area contributed by atoms with Gasteiger partial charge in [0.1, 0.15) is 24.3 Å². The molecule has 30 heavy (non-hydrogen) atoms. The molecule has 1 fully saturated rings. The van der Waals surface area contributed by atoms with Gasteiger partial charge in [0.05, 0.1) is 11.3 Å². The lowest BCUT2D eigenvalue weighted by molar-refractivity contribution is 0.155. The Bertz CT molecular complexity index is 1100. The van der Waals surface area contributed by atoms with Gasteiger partial charge in [-0.2, -0.15) is 14.9 Å². The molecule has 8 heteroatoms. The number of aromatic nitrogens is 4. The molecule has 3 aromatic rings.